The van der Waals surface area contributed by atoms with Crippen molar-refractivity contribution in [2.75, 3.05) is 116 Å². The fraction of sp³-hybridized carbons (Fsp3) is 0.333. The van der Waals surface area contributed by atoms with Crippen LogP contribution in [0.5, 0.6) is 0 Å². The summed E-state index contributed by atoms with van der Waals surface area (Å²) >= 11 is 0. The van der Waals surface area contributed by atoms with Gasteiger partial charge >= 0.3 is 36.2 Å². The van der Waals surface area contributed by atoms with Crippen molar-refractivity contribution >= 4 is 116 Å². The summed E-state index contributed by atoms with van der Waals surface area (Å²) in [5.41, 5.74) is 2.35. The minimum Gasteiger partial charge on any atom is -1.00 e. The number of urea groups is 6. The lowest BCUT2D eigenvalue weighted by Crippen LogP contribution is -3.00. The second kappa shape index (κ2) is 44.4. The zero-order chi connectivity index (χ0) is 71.3. The maximum absolute atomic E-state index is 13.4. The van der Waals surface area contributed by atoms with Gasteiger partial charge in [0.15, 0.2) is 0 Å². The largest absolute Gasteiger partial charge is 1.00 e. The molecule has 0 aliphatic carbocycles. The minimum absolute atomic E-state index is 0. The van der Waals surface area contributed by atoms with E-state index < -0.39 is 46.0 Å². The third kappa shape index (κ3) is 28.1. The number of para-hydroxylation sites is 10. The molecule has 0 saturated carbocycles. The lowest BCUT2D eigenvalue weighted by molar-refractivity contribution is -0.928. The van der Waals surface area contributed by atoms with E-state index in [0.717, 1.165) is 0 Å². The molecule has 7 aromatic carbocycles. The zero-order valence-electron chi connectivity index (χ0n) is 58.1. The van der Waals surface area contributed by atoms with Crippen molar-refractivity contribution in [3.63, 3.8) is 0 Å². The molecule has 0 atom stereocenters. The van der Waals surface area contributed by atoms with Crippen molar-refractivity contribution in [2.45, 2.75) is 107 Å². The number of nitrogens with zero attached hydrogens (tertiary/aromatic N) is 4. The van der Waals surface area contributed by atoms with Crippen LogP contribution in [0.1, 0.15) is 107 Å². The summed E-state index contributed by atoms with van der Waals surface area (Å²) in [7, 11) is 0. The van der Waals surface area contributed by atoms with Crippen molar-refractivity contribution in [1.82, 2.24) is 0 Å². The molecular formula is C72H96Cl2N16O10. The van der Waals surface area contributed by atoms with E-state index in [4.69, 9.17) is 0 Å². The first-order chi connectivity index (χ1) is 47.2. The van der Waals surface area contributed by atoms with Crippen molar-refractivity contribution in [3.05, 3.63) is 190 Å². The highest BCUT2D eigenvalue weighted by molar-refractivity contribution is 6.12. The Morgan fingerprint density at radius 3 is 0.530 bits per heavy atom. The minimum atomic E-state index is -0.740. The van der Waals surface area contributed by atoms with Gasteiger partial charge in [0.05, 0.1) is 119 Å². The molecule has 100 heavy (non-hydrogen) atoms. The van der Waals surface area contributed by atoms with E-state index in [1.807, 2.05) is 0 Å². The van der Waals surface area contributed by atoms with Crippen LogP contribution < -0.4 is 88.6 Å². The van der Waals surface area contributed by atoms with Gasteiger partial charge < -0.3 is 97.6 Å². The number of halogens is 2. The van der Waals surface area contributed by atoms with Crippen LogP contribution in [0.3, 0.4) is 0 Å². The first-order valence-corrected chi connectivity index (χ1v) is 33.4. The summed E-state index contributed by atoms with van der Waals surface area (Å²) in [6.07, 6.45) is 10.7. The SMILES string of the molecule is CCC[N+](CCC)(CCC)CCC.CCC[N+](CCC)(CCC)CCC.O=C(Nc1ccc([N+](=O)[O-])cc1)Nc1ccccc1NC(=O)Nc1ccccc1NC(=O)Nc1ccccc1NC(=O)Nc1ccccc1NC(=O)Nc1ccccc1NC(=O)Nc1ccc([N+](=O)[O-])cc1.[Cl-].[Cl-]. The van der Waals surface area contributed by atoms with E-state index in [1.165, 1.54) is 198 Å². The number of anilines is 12. The van der Waals surface area contributed by atoms with Crippen LogP contribution in [0.2, 0.25) is 0 Å². The van der Waals surface area contributed by atoms with Gasteiger partial charge in [-0.1, -0.05) is 116 Å². The van der Waals surface area contributed by atoms with Gasteiger partial charge in [0.25, 0.3) is 11.4 Å². The van der Waals surface area contributed by atoms with E-state index in [0.29, 0.717) is 11.4 Å². The molecular weight excluding hydrogens is 1320 g/mol. The van der Waals surface area contributed by atoms with Crippen molar-refractivity contribution < 1.29 is 72.4 Å². The molecule has 0 saturated heterocycles. The second-order valence-electron chi connectivity index (χ2n) is 23.3. The van der Waals surface area contributed by atoms with Gasteiger partial charge in [-0.3, -0.25) is 20.2 Å². The molecule has 0 aliphatic heterocycles. The van der Waals surface area contributed by atoms with E-state index in [1.54, 1.807) is 84.9 Å². The summed E-state index contributed by atoms with van der Waals surface area (Å²) in [5.74, 6) is 0. The molecule has 0 unspecified atom stereocenters. The molecule has 0 spiro atoms. The van der Waals surface area contributed by atoms with Crippen LogP contribution >= 0.6 is 0 Å². The lowest BCUT2D eigenvalue weighted by atomic mass is 10.2. The van der Waals surface area contributed by atoms with E-state index in [2.05, 4.69) is 119 Å². The summed E-state index contributed by atoms with van der Waals surface area (Å²) in [6, 6.07) is 37.9. The molecule has 12 amide bonds. The summed E-state index contributed by atoms with van der Waals surface area (Å²) in [5, 5.41) is 53.6. The summed E-state index contributed by atoms with van der Waals surface area (Å²) in [4.78, 5) is 99.5. The molecule has 12 N–H and O–H groups in total. The summed E-state index contributed by atoms with van der Waals surface area (Å²) < 4.78 is 2.75. The Bertz CT molecular complexity index is 3440. The Hall–Kier alpha value is -10.5. The number of nitro groups is 2. The van der Waals surface area contributed by atoms with Crippen molar-refractivity contribution in [3.8, 4) is 0 Å². The third-order valence-corrected chi connectivity index (χ3v) is 15.4. The average molecular weight is 1420 g/mol. The molecule has 0 aliphatic rings. The maximum atomic E-state index is 13.4. The summed E-state index contributed by atoms with van der Waals surface area (Å²) in [6.45, 7) is 29.6. The Morgan fingerprint density at radius 2 is 0.400 bits per heavy atom. The van der Waals surface area contributed by atoms with Gasteiger partial charge in [-0.2, -0.15) is 0 Å². The highest BCUT2D eigenvalue weighted by atomic mass is 35.5. The topological polar surface area (TPSA) is 333 Å². The highest BCUT2D eigenvalue weighted by Gasteiger charge is 2.25. The Balaban J connectivity index is 0.000000781. The highest BCUT2D eigenvalue weighted by Crippen LogP contribution is 2.29. The molecule has 26 nitrogen and oxygen atoms in total. The molecule has 0 heterocycles. The van der Waals surface area contributed by atoms with E-state index in [9.17, 15) is 49.0 Å². The normalized spacial score (nSPS) is 10.5. The number of carbonyl (C=O) groups excluding carboxylic acids is 6. The number of benzene rings is 7. The molecule has 7 aromatic rings. The number of quaternary nitrogens is 2. The number of carbonyl (C=O) groups is 6. The van der Waals surface area contributed by atoms with Gasteiger partial charge in [-0.25, -0.2) is 28.8 Å². The van der Waals surface area contributed by atoms with Gasteiger partial charge in [0, 0.05) is 35.6 Å². The molecule has 7 rings (SSSR count). The van der Waals surface area contributed by atoms with Gasteiger partial charge in [0.2, 0.25) is 0 Å². The predicted molar refractivity (Wildman–Crippen MR) is 396 cm³/mol. The van der Waals surface area contributed by atoms with Crippen LogP contribution in [0.15, 0.2) is 170 Å². The fourth-order valence-corrected chi connectivity index (χ4v) is 11.6. The van der Waals surface area contributed by atoms with Gasteiger partial charge in [-0.05, 0) is 136 Å². The number of non-ortho nitro benzene ring substituents is 2. The van der Waals surface area contributed by atoms with Crippen LogP contribution in [0.25, 0.3) is 0 Å². The number of nitrogens with one attached hydrogen (secondary N) is 12. The number of nitro benzene ring substituents is 2. The standard InChI is InChI=1S/C48H40N14O10.2C12H28N.2ClH/c63-43(49-29-21-25-31(26-22-29)61(69)70)51-33-11-1-3-13-35(33)53-45(65)55-37-15-5-7-17-39(37)57-47(67)59-41-19-9-10-20-42(41)60-48(68)58-40-18-8-6-16-38(40)56-46(66)54-36-14-4-2-12-34(36)52-44(64)50-30-23-27-32(28-24-30)62(71)72;2*1-5-9-13(10-6-2,11-7-3)12-8-4;;/h1-28H,(H2,49,51,63)(H2,50,52,64)(H2,53,55,65)(H2,54,56,66)(H2,57,59,67)(H2,58,60,68);2*5-12H2,1-4H3;2*1H/q;2*+1;;/p-2. The van der Waals surface area contributed by atoms with Crippen molar-refractivity contribution in [1.29, 1.82) is 0 Å². The molecule has 28 heteroatoms. The van der Waals surface area contributed by atoms with Crippen LogP contribution in [-0.2, 0) is 0 Å². The number of amides is 12. The third-order valence-electron chi connectivity index (χ3n) is 15.4. The number of hydrogen-bond donors (Lipinski definition) is 12. The van der Waals surface area contributed by atoms with Gasteiger partial charge in [0.1, 0.15) is 0 Å². The first kappa shape index (κ1) is 83.7. The Kier molecular flexibility index (Phi) is 37.2. The Labute approximate surface area is 598 Å². The molecule has 0 fully saturated rings. The van der Waals surface area contributed by atoms with Crippen LogP contribution in [-0.4, -0.2) is 107 Å². The van der Waals surface area contributed by atoms with E-state index in [-0.39, 0.29) is 93.1 Å². The quantitative estimate of drug-likeness (QED) is 0.0115. The zero-order valence-corrected chi connectivity index (χ0v) is 59.6. The molecule has 0 aromatic heterocycles. The maximum Gasteiger partial charge on any atom is 0.323 e. The smallest absolute Gasteiger partial charge is 0.323 e. The molecule has 538 valence electrons. The number of rotatable bonds is 30. The first-order valence-electron chi connectivity index (χ1n) is 33.4. The lowest BCUT2D eigenvalue weighted by Gasteiger charge is -2.38. The van der Waals surface area contributed by atoms with Crippen molar-refractivity contribution in [2.24, 2.45) is 0 Å². The van der Waals surface area contributed by atoms with E-state index >= 15 is 0 Å². The fourth-order valence-electron chi connectivity index (χ4n) is 11.6. The van der Waals surface area contributed by atoms with Crippen LogP contribution in [0.4, 0.5) is 108 Å². The monoisotopic (exact) mass is 1410 g/mol. The molecule has 0 radical (unpaired) electrons. The predicted octanol–water partition coefficient (Wildman–Crippen LogP) is 12.3. The Morgan fingerprint density at radius 1 is 0.260 bits per heavy atom. The molecule has 0 bridgehead atoms. The van der Waals surface area contributed by atoms with Crippen LogP contribution in [0, 0.1) is 20.2 Å². The van der Waals surface area contributed by atoms with Gasteiger partial charge in [-0.15, -0.1) is 0 Å². The number of hydrogen-bond acceptors (Lipinski definition) is 10. The average Bonchev–Trinajstić information content (AvgIpc) is 0.852. The second-order valence-corrected chi connectivity index (χ2v) is 23.3.